The fourth-order valence-electron chi connectivity index (χ4n) is 10.3. The van der Waals surface area contributed by atoms with Gasteiger partial charge in [-0.25, -0.2) is 9.37 Å². The van der Waals surface area contributed by atoms with Crippen LogP contribution in [0.1, 0.15) is 88.9 Å². The number of imide groups is 2. The van der Waals surface area contributed by atoms with Crippen molar-refractivity contribution < 1.29 is 42.7 Å². The highest BCUT2D eigenvalue weighted by Gasteiger charge is 2.48. The van der Waals surface area contributed by atoms with Crippen LogP contribution in [-0.4, -0.2) is 156 Å². The maximum absolute atomic E-state index is 16.0. The first-order chi connectivity index (χ1) is 32.8. The lowest BCUT2D eigenvalue weighted by Gasteiger charge is -2.37. The number of ether oxygens (including phenoxy) is 1. The molecule has 0 spiro atoms. The quantitative estimate of drug-likeness (QED) is 0.176. The van der Waals surface area contributed by atoms with E-state index in [4.69, 9.17) is 9.72 Å². The molecule has 2 aromatic carbocycles. The van der Waals surface area contributed by atoms with Crippen molar-refractivity contribution in [2.45, 2.75) is 81.6 Å². The number of aromatic nitrogens is 2. The number of alkyl halides is 1. The van der Waals surface area contributed by atoms with Crippen LogP contribution < -0.4 is 35.4 Å². The molecule has 3 saturated heterocycles. The zero-order chi connectivity index (χ0) is 47.9. The molecule has 19 nitrogen and oxygen atoms in total. The zero-order valence-electron chi connectivity index (χ0n) is 38.3. The predicted molar refractivity (Wildman–Crippen MR) is 249 cm³/mol. The van der Waals surface area contributed by atoms with E-state index in [1.165, 1.54) is 25.3 Å². The minimum Gasteiger partial charge on any atom is -0.495 e. The van der Waals surface area contributed by atoms with Crippen molar-refractivity contribution in [3.05, 3.63) is 71.9 Å². The molecule has 68 heavy (non-hydrogen) atoms. The summed E-state index contributed by atoms with van der Waals surface area (Å²) in [6, 6.07) is 8.97. The third-order valence-electron chi connectivity index (χ3n) is 14.2. The van der Waals surface area contributed by atoms with E-state index in [1.54, 1.807) is 36.4 Å². The van der Waals surface area contributed by atoms with Crippen molar-refractivity contribution >= 4 is 70.2 Å². The molecule has 2 atom stereocenters. The molecule has 5 aliphatic heterocycles. The molecule has 0 radical (unpaired) electrons. The summed E-state index contributed by atoms with van der Waals surface area (Å²) in [4.78, 5) is 111. The predicted octanol–water partition coefficient (Wildman–Crippen LogP) is 3.18. The van der Waals surface area contributed by atoms with Crippen molar-refractivity contribution in [2.24, 2.45) is 0 Å². The second-order valence-corrected chi connectivity index (χ2v) is 18.3. The number of methoxy groups -OCH3 is 1. The van der Waals surface area contributed by atoms with Crippen molar-refractivity contribution in [3.8, 4) is 5.75 Å². The Balaban J connectivity index is 0.748. The third kappa shape index (κ3) is 8.83. The number of carbonyl (C=O) groups is 7. The first-order valence-electron chi connectivity index (χ1n) is 23.4. The normalized spacial score (nSPS) is 22.8. The van der Waals surface area contributed by atoms with Gasteiger partial charge in [0.15, 0.2) is 5.82 Å². The van der Waals surface area contributed by atoms with Gasteiger partial charge in [-0.2, -0.15) is 4.98 Å². The van der Waals surface area contributed by atoms with Crippen LogP contribution in [0.4, 0.5) is 33.2 Å². The molecule has 1 unspecified atom stereocenters. The SMILES string of the molecule is C=C[C@]1(F)CN(C2CCCC2)c2nc(Nc3ccc(C(=O)NC4CCN(C(=O)CCN5CCN(c6cccc7c6C(=O)N(C6CCC(=O)NC6=O)C7=O)CC5)CC4)cc3OC)ncc2N(C)C1=O. The first-order valence-corrected chi connectivity index (χ1v) is 23.4. The lowest BCUT2D eigenvalue weighted by Crippen LogP contribution is -2.54. The van der Waals surface area contributed by atoms with Crippen LogP contribution in [0.15, 0.2) is 55.3 Å². The lowest BCUT2D eigenvalue weighted by atomic mass is 10.0. The molecule has 20 heteroatoms. The van der Waals surface area contributed by atoms with E-state index in [2.05, 4.69) is 37.3 Å². The highest BCUT2D eigenvalue weighted by molar-refractivity contribution is 6.25. The molecule has 1 aromatic heterocycles. The number of piperazine rings is 1. The van der Waals surface area contributed by atoms with Crippen LogP contribution in [0.3, 0.4) is 0 Å². The van der Waals surface area contributed by atoms with Gasteiger partial charge in [0.1, 0.15) is 17.5 Å². The van der Waals surface area contributed by atoms with Crippen molar-refractivity contribution in [3.63, 3.8) is 0 Å². The number of rotatable bonds is 12. The van der Waals surface area contributed by atoms with Crippen molar-refractivity contribution in [1.29, 1.82) is 0 Å². The van der Waals surface area contributed by atoms with Crippen LogP contribution in [0.2, 0.25) is 0 Å². The van der Waals surface area contributed by atoms with E-state index < -0.39 is 41.2 Å². The minimum atomic E-state index is -2.29. The van der Waals surface area contributed by atoms with Crippen LogP contribution in [-0.2, 0) is 19.2 Å². The molecular weight excluding hydrogens is 878 g/mol. The maximum Gasteiger partial charge on any atom is 0.270 e. The van der Waals surface area contributed by atoms with Crippen LogP contribution in [0, 0.1) is 0 Å². The fraction of sp³-hybridized carbons (Fsp3) is 0.479. The van der Waals surface area contributed by atoms with Gasteiger partial charge in [-0.1, -0.05) is 25.5 Å². The lowest BCUT2D eigenvalue weighted by molar-refractivity contribution is -0.136. The van der Waals surface area contributed by atoms with Crippen molar-refractivity contribution in [1.82, 2.24) is 35.3 Å². The Hall–Kier alpha value is -6.96. The summed E-state index contributed by atoms with van der Waals surface area (Å²) in [5, 5.41) is 8.53. The first kappa shape index (κ1) is 46.2. The van der Waals surface area contributed by atoms with Gasteiger partial charge >= 0.3 is 0 Å². The molecule has 7 amide bonds. The fourth-order valence-corrected chi connectivity index (χ4v) is 10.3. The number of benzene rings is 2. The number of halogens is 1. The number of hydrogen-bond acceptors (Lipinski definition) is 14. The Kier molecular flexibility index (Phi) is 12.9. The monoisotopic (exact) mass is 933 g/mol. The van der Waals surface area contributed by atoms with Gasteiger partial charge in [0.25, 0.3) is 23.6 Å². The number of likely N-dealkylation sites (tertiary alicyclic amines) is 1. The number of hydrogen-bond donors (Lipinski definition) is 3. The van der Waals surface area contributed by atoms with E-state index in [0.29, 0.717) is 99.3 Å². The summed E-state index contributed by atoms with van der Waals surface area (Å²) in [5.41, 5.74) is 0.134. The number of nitrogens with zero attached hydrogens (tertiary/aromatic N) is 8. The Morgan fingerprint density at radius 2 is 1.71 bits per heavy atom. The van der Waals surface area contributed by atoms with Crippen LogP contribution >= 0.6 is 0 Å². The van der Waals surface area contributed by atoms with Crippen molar-refractivity contribution in [2.75, 3.05) is 86.5 Å². The standard InChI is InChI=1S/C48H56FN11O8/c1-4-48(49)28-59(31-8-5-6-9-31)41-36(55(2)46(48)67)27-50-47(54-41)52-33-13-12-29(26-37(33)68-3)42(63)51-30-16-20-58(21-17-30)39(62)18-19-56-22-24-57(25-23-56)34-11-7-10-32-40(34)45(66)60(44(32)65)35-14-15-38(61)53-43(35)64/h4,7,10-13,26-27,30-31,35H,1,5-6,8-9,14-25,28H2,2-3H3,(H,51,63)(H,50,52,54)(H,53,61,64)/t35?,48-/m0/s1. The molecule has 4 fully saturated rings. The summed E-state index contributed by atoms with van der Waals surface area (Å²) in [5.74, 6) is -2.08. The molecule has 1 aliphatic carbocycles. The Bertz CT molecular complexity index is 2560. The van der Waals surface area contributed by atoms with E-state index in [0.717, 1.165) is 36.7 Å². The summed E-state index contributed by atoms with van der Waals surface area (Å²) < 4.78 is 21.7. The molecule has 6 aliphatic rings. The maximum atomic E-state index is 16.0. The summed E-state index contributed by atoms with van der Waals surface area (Å²) in [7, 11) is 3.01. The smallest absolute Gasteiger partial charge is 0.270 e. The average Bonchev–Trinajstić information content (AvgIpc) is 3.96. The van der Waals surface area contributed by atoms with E-state index in [1.807, 2.05) is 9.80 Å². The van der Waals surface area contributed by atoms with Gasteiger partial charge in [-0.05, 0) is 68.5 Å². The summed E-state index contributed by atoms with van der Waals surface area (Å²) in [6.45, 7) is 7.44. The summed E-state index contributed by atoms with van der Waals surface area (Å²) in [6.07, 6.45) is 7.94. The van der Waals surface area contributed by atoms with Crippen LogP contribution in [0.25, 0.3) is 0 Å². The number of fused-ring (bicyclic) bond motifs is 2. The van der Waals surface area contributed by atoms with Gasteiger partial charge < -0.3 is 35.0 Å². The molecule has 3 aromatic rings. The number of anilines is 5. The average molecular weight is 934 g/mol. The van der Waals surface area contributed by atoms with Gasteiger partial charge in [0.2, 0.25) is 29.3 Å². The Morgan fingerprint density at radius 1 is 0.956 bits per heavy atom. The molecule has 358 valence electrons. The van der Waals surface area contributed by atoms with Gasteiger partial charge in [0.05, 0.1) is 42.4 Å². The molecule has 6 heterocycles. The topological polar surface area (TPSA) is 210 Å². The third-order valence-corrected chi connectivity index (χ3v) is 14.2. The number of carbonyl (C=O) groups excluding carboxylic acids is 7. The summed E-state index contributed by atoms with van der Waals surface area (Å²) >= 11 is 0. The van der Waals surface area contributed by atoms with Gasteiger partial charge in [-0.3, -0.25) is 48.7 Å². The molecule has 1 saturated carbocycles. The highest BCUT2D eigenvalue weighted by atomic mass is 19.1. The molecule has 9 rings (SSSR count). The molecule has 0 bridgehead atoms. The van der Waals surface area contributed by atoms with Gasteiger partial charge in [0, 0.05) is 83.3 Å². The van der Waals surface area contributed by atoms with Crippen LogP contribution in [0.5, 0.6) is 5.75 Å². The largest absolute Gasteiger partial charge is 0.495 e. The number of amides is 7. The van der Waals surface area contributed by atoms with E-state index in [-0.39, 0.29) is 60.4 Å². The zero-order valence-corrected chi connectivity index (χ0v) is 38.3. The Labute approximate surface area is 393 Å². The van der Waals surface area contributed by atoms with E-state index in [9.17, 15) is 33.6 Å². The van der Waals surface area contributed by atoms with Gasteiger partial charge in [-0.15, -0.1) is 0 Å². The highest BCUT2D eigenvalue weighted by Crippen LogP contribution is 2.40. The number of nitrogens with one attached hydrogen (secondary N) is 3. The molecule has 3 N–H and O–H groups in total. The second kappa shape index (κ2) is 19.0. The Morgan fingerprint density at radius 3 is 2.41 bits per heavy atom. The second-order valence-electron chi connectivity index (χ2n) is 18.3. The minimum absolute atomic E-state index is 0.00538. The number of piperidine rings is 2. The molecular formula is C48H56FN11O8. The van der Waals surface area contributed by atoms with E-state index >= 15 is 4.39 Å².